The molecule has 2 aromatic heterocycles. The van der Waals surface area contributed by atoms with Crippen LogP contribution in [0.1, 0.15) is 30.4 Å². The summed E-state index contributed by atoms with van der Waals surface area (Å²) >= 11 is 6.22. The third kappa shape index (κ3) is 3.87. The van der Waals surface area contributed by atoms with Crippen molar-refractivity contribution in [3.63, 3.8) is 0 Å². The first-order valence-corrected chi connectivity index (χ1v) is 10.8. The van der Waals surface area contributed by atoms with Gasteiger partial charge in [0, 0.05) is 15.6 Å². The molecule has 3 rings (SSSR count). The lowest BCUT2D eigenvalue weighted by Gasteiger charge is -2.20. The summed E-state index contributed by atoms with van der Waals surface area (Å²) < 4.78 is 0.986. The van der Waals surface area contributed by atoms with Gasteiger partial charge in [-0.1, -0.05) is 39.8 Å². The van der Waals surface area contributed by atoms with E-state index in [1.54, 1.807) is 0 Å². The molecule has 0 fully saturated rings. The number of nitrogens with two attached hydrogens (primary N) is 1. The highest BCUT2D eigenvalue weighted by Crippen LogP contribution is 2.39. The third-order valence-electron chi connectivity index (χ3n) is 3.56. The molecule has 3 N–H and O–H groups in total. The highest BCUT2D eigenvalue weighted by Gasteiger charge is 2.24. The molecule has 1 aromatic carbocycles. The van der Waals surface area contributed by atoms with Crippen LogP contribution in [-0.4, -0.2) is 27.7 Å². The van der Waals surface area contributed by atoms with Crippen LogP contribution >= 0.6 is 39.0 Å². The molecule has 0 radical (unpaired) electrons. The van der Waals surface area contributed by atoms with E-state index in [4.69, 9.17) is 5.73 Å². The molecular weight excluding hydrogens is 432 g/mol. The molecule has 0 aliphatic rings. The van der Waals surface area contributed by atoms with Crippen molar-refractivity contribution < 1.29 is 4.79 Å². The number of benzene rings is 1. The SMILES string of the molecule is CSc1nc(-c2ccc(Br)cc2)c2c(N)c(C(=O)NC(C)(C)C)sc2n1. The van der Waals surface area contributed by atoms with Crippen LogP contribution in [0, 0.1) is 0 Å². The normalized spacial score (nSPS) is 11.7. The van der Waals surface area contributed by atoms with E-state index < -0.39 is 0 Å². The Kier molecular flexibility index (Phi) is 5.28. The number of nitrogen functional groups attached to an aromatic ring is 1. The van der Waals surface area contributed by atoms with Crippen LogP contribution in [0.4, 0.5) is 5.69 Å². The fourth-order valence-corrected chi connectivity index (χ4v) is 4.15. The number of carbonyl (C=O) groups is 1. The topological polar surface area (TPSA) is 80.9 Å². The largest absolute Gasteiger partial charge is 0.397 e. The number of hydrogen-bond donors (Lipinski definition) is 2. The molecule has 0 bridgehead atoms. The van der Waals surface area contributed by atoms with E-state index in [0.717, 1.165) is 25.9 Å². The molecule has 26 heavy (non-hydrogen) atoms. The predicted octanol–water partition coefficient (Wildman–Crippen LogP) is 4.95. The molecule has 1 amide bonds. The Labute approximate surface area is 168 Å². The quantitative estimate of drug-likeness (QED) is 0.435. The van der Waals surface area contributed by atoms with E-state index in [0.29, 0.717) is 15.7 Å². The molecule has 0 aliphatic heterocycles. The van der Waals surface area contributed by atoms with Gasteiger partial charge < -0.3 is 11.1 Å². The lowest BCUT2D eigenvalue weighted by atomic mass is 10.1. The number of rotatable bonds is 3. The van der Waals surface area contributed by atoms with Crippen LogP contribution < -0.4 is 11.1 Å². The molecule has 2 heterocycles. The second-order valence-electron chi connectivity index (χ2n) is 6.79. The maximum absolute atomic E-state index is 12.7. The number of nitrogens with zero attached hydrogens (tertiary/aromatic N) is 2. The van der Waals surface area contributed by atoms with Gasteiger partial charge in [0.25, 0.3) is 5.91 Å². The fraction of sp³-hybridized carbons (Fsp3) is 0.278. The summed E-state index contributed by atoms with van der Waals surface area (Å²) in [5.74, 6) is -0.189. The number of nitrogens with one attached hydrogen (secondary N) is 1. The Bertz CT molecular complexity index is 978. The maximum atomic E-state index is 12.7. The summed E-state index contributed by atoms with van der Waals surface area (Å²) in [4.78, 5) is 23.1. The minimum Gasteiger partial charge on any atom is -0.397 e. The minimum absolute atomic E-state index is 0.189. The first-order valence-electron chi connectivity index (χ1n) is 7.92. The summed E-state index contributed by atoms with van der Waals surface area (Å²) in [6.45, 7) is 5.81. The van der Waals surface area contributed by atoms with Gasteiger partial charge in [0.1, 0.15) is 9.71 Å². The van der Waals surface area contributed by atoms with Crippen LogP contribution in [0.2, 0.25) is 0 Å². The molecule has 3 aromatic rings. The second kappa shape index (κ2) is 7.17. The fourth-order valence-electron chi connectivity index (χ4n) is 2.48. The predicted molar refractivity (Wildman–Crippen MR) is 114 cm³/mol. The van der Waals surface area contributed by atoms with Gasteiger partial charge in [0.15, 0.2) is 5.16 Å². The number of thioether (sulfide) groups is 1. The highest BCUT2D eigenvalue weighted by molar-refractivity contribution is 9.10. The number of anilines is 1. The zero-order valence-corrected chi connectivity index (χ0v) is 18.1. The van der Waals surface area contributed by atoms with E-state index in [1.807, 2.05) is 51.3 Å². The highest BCUT2D eigenvalue weighted by atomic mass is 79.9. The monoisotopic (exact) mass is 450 g/mol. The second-order valence-corrected chi connectivity index (χ2v) is 9.48. The van der Waals surface area contributed by atoms with Gasteiger partial charge in [-0.3, -0.25) is 4.79 Å². The number of fused-ring (bicyclic) bond motifs is 1. The van der Waals surface area contributed by atoms with Crippen molar-refractivity contribution in [1.29, 1.82) is 0 Å². The van der Waals surface area contributed by atoms with Gasteiger partial charge in [0.2, 0.25) is 0 Å². The molecule has 0 unspecified atom stereocenters. The molecule has 0 saturated heterocycles. The molecule has 0 atom stereocenters. The number of hydrogen-bond acceptors (Lipinski definition) is 6. The summed E-state index contributed by atoms with van der Waals surface area (Å²) in [5.41, 5.74) is 8.14. The van der Waals surface area contributed by atoms with Gasteiger partial charge in [-0.2, -0.15) is 0 Å². The van der Waals surface area contributed by atoms with E-state index in [2.05, 4.69) is 31.2 Å². The average molecular weight is 451 g/mol. The first kappa shape index (κ1) is 19.1. The van der Waals surface area contributed by atoms with Crippen molar-refractivity contribution in [2.24, 2.45) is 0 Å². The van der Waals surface area contributed by atoms with Crippen molar-refractivity contribution >= 4 is 60.8 Å². The van der Waals surface area contributed by atoms with Gasteiger partial charge in [-0.25, -0.2) is 9.97 Å². The van der Waals surface area contributed by atoms with Crippen molar-refractivity contribution in [3.8, 4) is 11.3 Å². The van der Waals surface area contributed by atoms with Crippen LogP contribution in [0.25, 0.3) is 21.5 Å². The van der Waals surface area contributed by atoms with Gasteiger partial charge in [0.05, 0.1) is 16.8 Å². The van der Waals surface area contributed by atoms with E-state index >= 15 is 0 Å². The standard InChI is InChI=1S/C18H19BrN4OS2/c1-18(2,3)23-15(24)14-12(20)11-13(9-5-7-10(19)8-6-9)21-17(25-4)22-16(11)26-14/h5-8H,20H2,1-4H3,(H,23,24). The lowest BCUT2D eigenvalue weighted by Crippen LogP contribution is -2.40. The summed E-state index contributed by atoms with van der Waals surface area (Å²) in [7, 11) is 0. The van der Waals surface area contributed by atoms with Crippen molar-refractivity contribution in [1.82, 2.24) is 15.3 Å². The molecule has 8 heteroatoms. The molecule has 0 saturated carbocycles. The van der Waals surface area contributed by atoms with Crippen LogP contribution in [-0.2, 0) is 0 Å². The van der Waals surface area contributed by atoms with E-state index in [1.165, 1.54) is 23.1 Å². The van der Waals surface area contributed by atoms with Gasteiger partial charge in [-0.05, 0) is 39.2 Å². The molecule has 136 valence electrons. The number of thiophene rings is 1. The summed E-state index contributed by atoms with van der Waals surface area (Å²) in [5, 5.41) is 4.35. The van der Waals surface area contributed by atoms with Crippen molar-refractivity contribution in [2.45, 2.75) is 31.5 Å². The Morgan fingerprint density at radius 2 is 1.88 bits per heavy atom. The Balaban J connectivity index is 2.21. The molecule has 0 spiro atoms. The molecule has 0 aliphatic carbocycles. The van der Waals surface area contributed by atoms with Crippen molar-refractivity contribution in [3.05, 3.63) is 33.6 Å². The van der Waals surface area contributed by atoms with Crippen LogP contribution in [0.5, 0.6) is 0 Å². The molecule has 5 nitrogen and oxygen atoms in total. The Morgan fingerprint density at radius 3 is 2.46 bits per heavy atom. The zero-order chi connectivity index (χ0) is 19.1. The van der Waals surface area contributed by atoms with Crippen molar-refractivity contribution in [2.75, 3.05) is 12.0 Å². The van der Waals surface area contributed by atoms with Crippen LogP contribution in [0.3, 0.4) is 0 Å². The molecular formula is C18H19BrN4OS2. The first-order chi connectivity index (χ1) is 12.2. The smallest absolute Gasteiger partial charge is 0.263 e. The number of carbonyl (C=O) groups excluding carboxylic acids is 1. The van der Waals surface area contributed by atoms with Crippen LogP contribution in [0.15, 0.2) is 33.9 Å². The Hall–Kier alpha value is -1.64. The zero-order valence-electron chi connectivity index (χ0n) is 14.9. The van der Waals surface area contributed by atoms with E-state index in [9.17, 15) is 4.79 Å². The maximum Gasteiger partial charge on any atom is 0.263 e. The summed E-state index contributed by atoms with van der Waals surface area (Å²) in [6, 6.07) is 7.86. The average Bonchev–Trinajstić information content (AvgIpc) is 2.90. The van der Waals surface area contributed by atoms with E-state index in [-0.39, 0.29) is 11.4 Å². The number of amides is 1. The summed E-state index contributed by atoms with van der Waals surface area (Å²) in [6.07, 6.45) is 1.93. The third-order valence-corrected chi connectivity index (χ3v) is 5.74. The Morgan fingerprint density at radius 1 is 1.23 bits per heavy atom. The number of halogens is 1. The number of aromatic nitrogens is 2. The van der Waals surface area contributed by atoms with Gasteiger partial charge >= 0.3 is 0 Å². The van der Waals surface area contributed by atoms with Gasteiger partial charge in [-0.15, -0.1) is 11.3 Å². The minimum atomic E-state index is -0.343. The lowest BCUT2D eigenvalue weighted by molar-refractivity contribution is 0.0924.